The van der Waals surface area contributed by atoms with Gasteiger partial charge in [0.2, 0.25) is 0 Å². The molecule has 2 heterocycles. The molecule has 18 heavy (non-hydrogen) atoms. The van der Waals surface area contributed by atoms with Crippen LogP contribution in [-0.4, -0.2) is 9.78 Å². The first kappa shape index (κ1) is 13.8. The Balaban J connectivity index is 2.15. The Hall–Kier alpha value is -0.650. The van der Waals surface area contributed by atoms with Crippen LogP contribution in [-0.2, 0) is 19.9 Å². The van der Waals surface area contributed by atoms with Crippen LogP contribution in [0.4, 0.5) is 0 Å². The molecular formula is C13H18BrN3S. The third-order valence-corrected chi connectivity index (χ3v) is 5.33. The number of halogens is 1. The summed E-state index contributed by atoms with van der Waals surface area (Å²) in [6.07, 6.45) is 1.79. The Morgan fingerprint density at radius 1 is 1.50 bits per heavy atom. The van der Waals surface area contributed by atoms with Crippen LogP contribution in [0.25, 0.3) is 0 Å². The highest BCUT2D eigenvalue weighted by molar-refractivity contribution is 9.11. The van der Waals surface area contributed by atoms with Crippen molar-refractivity contribution in [3.8, 4) is 0 Å². The van der Waals surface area contributed by atoms with Crippen molar-refractivity contribution in [3.05, 3.63) is 37.7 Å². The molecule has 0 spiro atoms. The molecule has 0 saturated heterocycles. The summed E-state index contributed by atoms with van der Waals surface area (Å²) in [5, 5.41) is 4.45. The lowest BCUT2D eigenvalue weighted by Crippen LogP contribution is -2.14. The summed E-state index contributed by atoms with van der Waals surface area (Å²) in [5.41, 5.74) is 9.86. The van der Waals surface area contributed by atoms with E-state index in [0.717, 1.165) is 18.5 Å². The summed E-state index contributed by atoms with van der Waals surface area (Å²) in [4.78, 5) is 1.22. The van der Waals surface area contributed by atoms with Crippen molar-refractivity contribution in [1.29, 1.82) is 0 Å². The highest BCUT2D eigenvalue weighted by atomic mass is 79.9. The number of rotatable bonds is 4. The summed E-state index contributed by atoms with van der Waals surface area (Å²) >= 11 is 5.27. The van der Waals surface area contributed by atoms with E-state index in [1.54, 1.807) is 11.3 Å². The molecule has 2 N–H and O–H groups in total. The highest BCUT2D eigenvalue weighted by Crippen LogP contribution is 2.31. The molecule has 5 heteroatoms. The maximum atomic E-state index is 6.28. The van der Waals surface area contributed by atoms with Gasteiger partial charge in [-0.2, -0.15) is 5.10 Å². The van der Waals surface area contributed by atoms with E-state index in [1.165, 1.54) is 19.9 Å². The zero-order valence-electron chi connectivity index (χ0n) is 10.9. The summed E-state index contributed by atoms with van der Waals surface area (Å²) in [5.74, 6) is 0. The van der Waals surface area contributed by atoms with E-state index in [4.69, 9.17) is 5.73 Å². The third kappa shape index (κ3) is 2.84. The first-order valence-electron chi connectivity index (χ1n) is 6.04. The normalized spacial score (nSPS) is 12.9. The average Bonchev–Trinajstić information content (AvgIpc) is 2.84. The molecule has 0 radical (unpaired) electrons. The molecule has 0 aliphatic heterocycles. The first-order chi connectivity index (χ1) is 8.51. The lowest BCUT2D eigenvalue weighted by atomic mass is 10.1. The van der Waals surface area contributed by atoms with E-state index in [0.29, 0.717) is 0 Å². The molecule has 0 saturated carbocycles. The number of hydrogen-bond acceptors (Lipinski definition) is 3. The largest absolute Gasteiger partial charge is 0.323 e. The van der Waals surface area contributed by atoms with Gasteiger partial charge >= 0.3 is 0 Å². The smallest absolute Gasteiger partial charge is 0.0731 e. The number of aryl methyl sites for hydroxylation is 3. The van der Waals surface area contributed by atoms with Crippen molar-refractivity contribution in [2.75, 3.05) is 0 Å². The number of nitrogens with two attached hydrogens (primary N) is 1. The Bertz CT molecular complexity index is 525. The van der Waals surface area contributed by atoms with Crippen molar-refractivity contribution < 1.29 is 0 Å². The average molecular weight is 328 g/mol. The van der Waals surface area contributed by atoms with Crippen LogP contribution in [0.3, 0.4) is 0 Å². The van der Waals surface area contributed by atoms with Gasteiger partial charge in [-0.1, -0.05) is 6.92 Å². The minimum absolute atomic E-state index is 0.0418. The van der Waals surface area contributed by atoms with Crippen molar-refractivity contribution >= 4 is 27.3 Å². The molecule has 0 fully saturated rings. The second kappa shape index (κ2) is 5.55. The fourth-order valence-corrected chi connectivity index (χ4v) is 3.50. The van der Waals surface area contributed by atoms with Gasteiger partial charge in [-0.3, -0.25) is 4.68 Å². The van der Waals surface area contributed by atoms with Crippen LogP contribution in [0.5, 0.6) is 0 Å². The van der Waals surface area contributed by atoms with Gasteiger partial charge in [-0.25, -0.2) is 0 Å². The van der Waals surface area contributed by atoms with Gasteiger partial charge in [0.15, 0.2) is 0 Å². The monoisotopic (exact) mass is 327 g/mol. The Morgan fingerprint density at radius 2 is 2.22 bits per heavy atom. The predicted octanol–water partition coefficient (Wildman–Crippen LogP) is 3.36. The topological polar surface area (TPSA) is 43.8 Å². The molecule has 2 aromatic heterocycles. The van der Waals surface area contributed by atoms with Crippen LogP contribution < -0.4 is 5.73 Å². The molecule has 3 nitrogen and oxygen atoms in total. The number of aromatic nitrogens is 2. The molecule has 2 aromatic rings. The number of hydrogen-bond donors (Lipinski definition) is 1. The Kier molecular flexibility index (Phi) is 4.25. The zero-order chi connectivity index (χ0) is 13.3. The summed E-state index contributed by atoms with van der Waals surface area (Å²) in [6, 6.07) is 4.35. The second-order valence-electron chi connectivity index (χ2n) is 4.52. The lowest BCUT2D eigenvalue weighted by molar-refractivity contribution is 0.644. The highest BCUT2D eigenvalue weighted by Gasteiger charge is 2.14. The van der Waals surface area contributed by atoms with E-state index >= 15 is 0 Å². The van der Waals surface area contributed by atoms with E-state index in [9.17, 15) is 0 Å². The van der Waals surface area contributed by atoms with Crippen LogP contribution in [0.2, 0.25) is 0 Å². The molecule has 0 aliphatic rings. The molecule has 0 aromatic carbocycles. The Labute approximate surface area is 120 Å². The predicted molar refractivity (Wildman–Crippen MR) is 80.0 cm³/mol. The van der Waals surface area contributed by atoms with E-state index < -0.39 is 0 Å². The van der Waals surface area contributed by atoms with E-state index in [-0.39, 0.29) is 6.04 Å². The van der Waals surface area contributed by atoms with Gasteiger partial charge < -0.3 is 5.73 Å². The minimum Gasteiger partial charge on any atom is -0.323 e. The summed E-state index contributed by atoms with van der Waals surface area (Å²) in [7, 11) is 1.98. The third-order valence-electron chi connectivity index (χ3n) is 3.06. The van der Waals surface area contributed by atoms with Crippen molar-refractivity contribution in [2.24, 2.45) is 12.8 Å². The molecule has 2 rings (SSSR count). The summed E-state index contributed by atoms with van der Waals surface area (Å²) < 4.78 is 3.11. The van der Waals surface area contributed by atoms with E-state index in [2.05, 4.69) is 47.0 Å². The molecule has 0 bridgehead atoms. The van der Waals surface area contributed by atoms with Gasteiger partial charge in [0, 0.05) is 30.1 Å². The molecule has 1 unspecified atom stereocenters. The molecule has 0 aliphatic carbocycles. The maximum absolute atomic E-state index is 6.28. The minimum atomic E-state index is 0.0418. The number of nitrogens with zero attached hydrogens (tertiary/aromatic N) is 2. The number of thiophene rings is 1. The fraction of sp³-hybridized carbons (Fsp3) is 0.462. The van der Waals surface area contributed by atoms with Gasteiger partial charge in [-0.15, -0.1) is 11.3 Å². The van der Waals surface area contributed by atoms with Crippen molar-refractivity contribution in [3.63, 3.8) is 0 Å². The van der Waals surface area contributed by atoms with Gasteiger partial charge in [-0.05, 0) is 47.0 Å². The first-order valence-corrected chi connectivity index (χ1v) is 7.65. The van der Waals surface area contributed by atoms with Crippen molar-refractivity contribution in [2.45, 2.75) is 32.7 Å². The zero-order valence-corrected chi connectivity index (χ0v) is 13.3. The fourth-order valence-electron chi connectivity index (χ4n) is 1.93. The molecule has 98 valence electrons. The lowest BCUT2D eigenvalue weighted by Gasteiger charge is -2.09. The molecular weight excluding hydrogens is 310 g/mol. The molecule has 1 atom stereocenters. The maximum Gasteiger partial charge on any atom is 0.0731 e. The Morgan fingerprint density at radius 3 is 2.72 bits per heavy atom. The SMILES string of the molecule is CCc1cc(CC(N)c2cc(C)c(Br)s2)n(C)n1. The van der Waals surface area contributed by atoms with Crippen LogP contribution >= 0.6 is 27.3 Å². The van der Waals surface area contributed by atoms with Crippen LogP contribution in [0.1, 0.15) is 34.8 Å². The van der Waals surface area contributed by atoms with Crippen molar-refractivity contribution in [1.82, 2.24) is 9.78 Å². The van der Waals surface area contributed by atoms with Crippen LogP contribution in [0.15, 0.2) is 15.9 Å². The molecule has 0 amide bonds. The summed E-state index contributed by atoms with van der Waals surface area (Å²) in [6.45, 7) is 4.21. The standard InChI is InChI=1S/C13H18BrN3S/c1-4-9-6-10(17(3)16-9)7-11(15)12-5-8(2)13(14)18-12/h5-6,11H,4,7,15H2,1-3H3. The quantitative estimate of drug-likeness (QED) is 0.935. The second-order valence-corrected chi connectivity index (χ2v) is 6.92. The van der Waals surface area contributed by atoms with E-state index in [1.807, 2.05) is 11.7 Å². The van der Waals surface area contributed by atoms with Gasteiger partial charge in [0.25, 0.3) is 0 Å². The van der Waals surface area contributed by atoms with Gasteiger partial charge in [0.05, 0.1) is 9.48 Å². The van der Waals surface area contributed by atoms with Crippen LogP contribution in [0, 0.1) is 6.92 Å². The van der Waals surface area contributed by atoms with Gasteiger partial charge in [0.1, 0.15) is 0 Å².